The number of halogens is 1. The highest BCUT2D eigenvalue weighted by atomic mass is 19.1. The molecular formula is C16H15FN2O3. The number of benzene rings is 1. The highest BCUT2D eigenvalue weighted by molar-refractivity contribution is 5.26. The minimum atomic E-state index is -0.965. The lowest BCUT2D eigenvalue weighted by atomic mass is 10.1. The lowest BCUT2D eigenvalue weighted by Crippen LogP contribution is -2.36. The SMILES string of the molecule is C#CCOCn1c(Cc2ccccc2)c(CF)c(=O)[nH]c1=O. The fourth-order valence-electron chi connectivity index (χ4n) is 2.12. The van der Waals surface area contributed by atoms with Crippen LogP contribution >= 0.6 is 0 Å². The van der Waals surface area contributed by atoms with E-state index in [1.54, 1.807) is 0 Å². The average Bonchev–Trinajstić information content (AvgIpc) is 2.51. The van der Waals surface area contributed by atoms with Gasteiger partial charge in [-0.25, -0.2) is 9.18 Å². The Morgan fingerprint density at radius 1 is 1.27 bits per heavy atom. The molecule has 0 spiro atoms. The van der Waals surface area contributed by atoms with Crippen molar-refractivity contribution in [1.82, 2.24) is 9.55 Å². The first-order chi connectivity index (χ1) is 10.7. The Bertz CT molecular complexity index is 788. The van der Waals surface area contributed by atoms with Crippen molar-refractivity contribution in [1.29, 1.82) is 0 Å². The minimum Gasteiger partial charge on any atom is -0.348 e. The standard InChI is InChI=1S/C16H15FN2O3/c1-2-8-22-11-19-14(9-12-6-4-3-5-7-12)13(10-17)15(20)18-16(19)21/h1,3-7H,8-11H2,(H,18,20,21). The number of hydrogen-bond acceptors (Lipinski definition) is 3. The van der Waals surface area contributed by atoms with Gasteiger partial charge in [0, 0.05) is 12.1 Å². The van der Waals surface area contributed by atoms with Gasteiger partial charge in [-0.05, 0) is 5.56 Å². The number of H-pyrrole nitrogens is 1. The summed E-state index contributed by atoms with van der Waals surface area (Å²) in [6.45, 7) is -1.09. The number of ether oxygens (including phenoxy) is 1. The summed E-state index contributed by atoms with van der Waals surface area (Å²) in [5.74, 6) is 2.28. The number of nitrogens with zero attached hydrogens (tertiary/aromatic N) is 1. The van der Waals surface area contributed by atoms with Crippen LogP contribution in [0, 0.1) is 12.3 Å². The van der Waals surface area contributed by atoms with Gasteiger partial charge < -0.3 is 4.74 Å². The first kappa shape index (κ1) is 15.7. The van der Waals surface area contributed by atoms with E-state index >= 15 is 0 Å². The van der Waals surface area contributed by atoms with E-state index in [0.717, 1.165) is 5.56 Å². The van der Waals surface area contributed by atoms with E-state index in [2.05, 4.69) is 10.9 Å². The van der Waals surface area contributed by atoms with E-state index < -0.39 is 17.9 Å². The zero-order valence-electron chi connectivity index (χ0n) is 11.8. The zero-order valence-corrected chi connectivity index (χ0v) is 11.8. The predicted molar refractivity (Wildman–Crippen MR) is 80.2 cm³/mol. The smallest absolute Gasteiger partial charge is 0.330 e. The van der Waals surface area contributed by atoms with Gasteiger partial charge in [0.05, 0.1) is 5.56 Å². The van der Waals surface area contributed by atoms with Crippen molar-refractivity contribution in [2.45, 2.75) is 19.8 Å². The summed E-state index contributed by atoms with van der Waals surface area (Å²) in [6, 6.07) is 9.17. The summed E-state index contributed by atoms with van der Waals surface area (Å²) in [4.78, 5) is 25.8. The Kier molecular flexibility index (Phi) is 5.28. The van der Waals surface area contributed by atoms with Crippen LogP contribution in [0.4, 0.5) is 4.39 Å². The molecule has 0 fully saturated rings. The number of rotatable bonds is 6. The molecule has 0 radical (unpaired) electrons. The predicted octanol–water partition coefficient (Wildman–Crippen LogP) is 1.20. The van der Waals surface area contributed by atoms with Crippen LogP contribution in [0.15, 0.2) is 39.9 Å². The molecule has 5 nitrogen and oxygen atoms in total. The minimum absolute atomic E-state index is 0.0152. The van der Waals surface area contributed by atoms with Crippen LogP contribution < -0.4 is 11.2 Å². The van der Waals surface area contributed by atoms with E-state index in [0.29, 0.717) is 5.69 Å². The van der Waals surface area contributed by atoms with E-state index in [9.17, 15) is 14.0 Å². The maximum Gasteiger partial charge on any atom is 0.330 e. The molecule has 0 aliphatic rings. The molecule has 114 valence electrons. The van der Waals surface area contributed by atoms with Crippen molar-refractivity contribution < 1.29 is 9.13 Å². The van der Waals surface area contributed by atoms with Crippen molar-refractivity contribution in [2.75, 3.05) is 6.61 Å². The van der Waals surface area contributed by atoms with Crippen LogP contribution in [0.2, 0.25) is 0 Å². The highest BCUT2D eigenvalue weighted by Gasteiger charge is 2.15. The second kappa shape index (κ2) is 7.38. The van der Waals surface area contributed by atoms with Gasteiger partial charge in [0.2, 0.25) is 0 Å². The lowest BCUT2D eigenvalue weighted by Gasteiger charge is -2.14. The fraction of sp³-hybridized carbons (Fsp3) is 0.250. The molecule has 2 aromatic rings. The molecule has 1 heterocycles. The Hall–Kier alpha value is -2.65. The van der Waals surface area contributed by atoms with Gasteiger partial charge in [-0.15, -0.1) is 6.42 Å². The van der Waals surface area contributed by atoms with Crippen molar-refractivity contribution in [3.8, 4) is 12.3 Å². The van der Waals surface area contributed by atoms with Gasteiger partial charge in [0.1, 0.15) is 20.0 Å². The quantitative estimate of drug-likeness (QED) is 0.644. The number of hydrogen-bond donors (Lipinski definition) is 1. The van der Waals surface area contributed by atoms with Crippen LogP contribution in [0.5, 0.6) is 0 Å². The number of alkyl halides is 1. The molecule has 0 amide bonds. The molecule has 0 aliphatic heterocycles. The van der Waals surface area contributed by atoms with Crippen LogP contribution in [0.3, 0.4) is 0 Å². The highest BCUT2D eigenvalue weighted by Crippen LogP contribution is 2.11. The molecule has 2 rings (SSSR count). The van der Waals surface area contributed by atoms with Crippen LogP contribution in [-0.4, -0.2) is 16.2 Å². The summed E-state index contributed by atoms with van der Waals surface area (Å²) < 4.78 is 19.6. The molecule has 0 atom stereocenters. The van der Waals surface area contributed by atoms with E-state index in [1.165, 1.54) is 4.57 Å². The number of terminal acetylenes is 1. The number of aromatic amines is 1. The van der Waals surface area contributed by atoms with Crippen molar-refractivity contribution in [3.05, 3.63) is 68.0 Å². The van der Waals surface area contributed by atoms with E-state index in [4.69, 9.17) is 11.2 Å². The van der Waals surface area contributed by atoms with Gasteiger partial charge in [0.25, 0.3) is 5.56 Å². The van der Waals surface area contributed by atoms with Crippen LogP contribution in [-0.2, 0) is 24.6 Å². The molecule has 1 N–H and O–H groups in total. The molecule has 0 unspecified atom stereocenters. The summed E-state index contributed by atoms with van der Waals surface area (Å²) in [6.07, 6.45) is 5.34. The number of aromatic nitrogens is 2. The first-order valence-corrected chi connectivity index (χ1v) is 6.63. The summed E-state index contributed by atoms with van der Waals surface area (Å²) in [5, 5.41) is 0. The molecular weight excluding hydrogens is 287 g/mol. The second-order valence-electron chi connectivity index (χ2n) is 4.59. The van der Waals surface area contributed by atoms with Gasteiger partial charge >= 0.3 is 5.69 Å². The third kappa shape index (κ3) is 3.51. The van der Waals surface area contributed by atoms with E-state index in [-0.39, 0.29) is 25.3 Å². The van der Waals surface area contributed by atoms with E-state index in [1.807, 2.05) is 30.3 Å². The number of nitrogens with one attached hydrogen (secondary N) is 1. The van der Waals surface area contributed by atoms with Gasteiger partial charge in [-0.2, -0.15) is 0 Å². The average molecular weight is 302 g/mol. The van der Waals surface area contributed by atoms with Crippen LogP contribution in [0.1, 0.15) is 16.8 Å². The van der Waals surface area contributed by atoms with Gasteiger partial charge in [-0.1, -0.05) is 36.3 Å². The molecule has 0 aliphatic carbocycles. The normalized spacial score (nSPS) is 10.4. The lowest BCUT2D eigenvalue weighted by molar-refractivity contribution is 0.0979. The van der Waals surface area contributed by atoms with Crippen molar-refractivity contribution in [3.63, 3.8) is 0 Å². The van der Waals surface area contributed by atoms with Crippen molar-refractivity contribution in [2.24, 2.45) is 0 Å². The molecule has 0 saturated heterocycles. The molecule has 22 heavy (non-hydrogen) atoms. The fourth-order valence-corrected chi connectivity index (χ4v) is 2.12. The van der Waals surface area contributed by atoms with Crippen molar-refractivity contribution >= 4 is 0 Å². The Balaban J connectivity index is 2.49. The van der Waals surface area contributed by atoms with Gasteiger partial charge in [0.15, 0.2) is 0 Å². The maximum absolute atomic E-state index is 13.2. The Morgan fingerprint density at radius 3 is 2.64 bits per heavy atom. The molecule has 0 bridgehead atoms. The molecule has 6 heteroatoms. The second-order valence-corrected chi connectivity index (χ2v) is 4.59. The maximum atomic E-state index is 13.2. The first-order valence-electron chi connectivity index (χ1n) is 6.63. The Morgan fingerprint density at radius 2 is 2.00 bits per heavy atom. The zero-order chi connectivity index (χ0) is 15.9. The van der Waals surface area contributed by atoms with Crippen LogP contribution in [0.25, 0.3) is 0 Å². The summed E-state index contributed by atoms with van der Waals surface area (Å²) >= 11 is 0. The largest absolute Gasteiger partial charge is 0.348 e. The Labute approximate surface area is 126 Å². The third-order valence-electron chi connectivity index (χ3n) is 3.17. The topological polar surface area (TPSA) is 64.1 Å². The van der Waals surface area contributed by atoms with Gasteiger partial charge in [-0.3, -0.25) is 14.3 Å². The molecule has 1 aromatic carbocycles. The third-order valence-corrected chi connectivity index (χ3v) is 3.17. The monoisotopic (exact) mass is 302 g/mol. The molecule has 1 aromatic heterocycles. The summed E-state index contributed by atoms with van der Waals surface area (Å²) in [7, 11) is 0. The summed E-state index contributed by atoms with van der Waals surface area (Å²) in [5.41, 5.74) is -0.295. The molecule has 0 saturated carbocycles.